The fourth-order valence-corrected chi connectivity index (χ4v) is 3.82. The number of carbonyl (C=O) groups is 1. The summed E-state index contributed by atoms with van der Waals surface area (Å²) in [5.74, 6) is 2.33. The van der Waals surface area contributed by atoms with E-state index in [1.54, 1.807) is 6.07 Å². The predicted octanol–water partition coefficient (Wildman–Crippen LogP) is 2.30. The van der Waals surface area contributed by atoms with Crippen LogP contribution in [0.1, 0.15) is 44.6 Å². The average Bonchev–Trinajstić information content (AvgIpc) is 3.03. The quantitative estimate of drug-likeness (QED) is 0.699. The second kappa shape index (κ2) is 9.18. The van der Waals surface area contributed by atoms with Crippen LogP contribution in [0.25, 0.3) is 11.5 Å². The van der Waals surface area contributed by atoms with Crippen molar-refractivity contribution in [3.63, 3.8) is 0 Å². The van der Waals surface area contributed by atoms with Crippen LogP contribution in [0.5, 0.6) is 5.75 Å². The van der Waals surface area contributed by atoms with Gasteiger partial charge in [0.15, 0.2) is 5.82 Å². The van der Waals surface area contributed by atoms with Gasteiger partial charge in [-0.1, -0.05) is 6.92 Å². The Labute approximate surface area is 184 Å². The van der Waals surface area contributed by atoms with E-state index in [-0.39, 0.29) is 31.2 Å². The number of pyridine rings is 1. The molecule has 2 aromatic rings. The summed E-state index contributed by atoms with van der Waals surface area (Å²) in [5.41, 5.74) is 3.22. The maximum atomic E-state index is 12.5. The smallest absolute Gasteiger partial charge is 0.239 e. The average molecular weight is 428 g/mol. The third-order valence-electron chi connectivity index (χ3n) is 4.94. The molecule has 0 radical (unpaired) electrons. The highest BCUT2D eigenvalue weighted by molar-refractivity contribution is 5.82. The van der Waals surface area contributed by atoms with Gasteiger partial charge in [-0.3, -0.25) is 4.79 Å². The summed E-state index contributed by atoms with van der Waals surface area (Å²) in [6.45, 7) is 10.3. The number of aliphatic hydroxyl groups is 1. The standard InChI is InChI=1S/C23H33N5O3/c1-14-9-17-18(10-14)25-21(19-12-16(31-8-7-29)11-15(2)24-19)26-22(17)28(6)13-20(30)27-23(3,4)5/h11-12,14,29H,7-10,13H2,1-6H3,(H,27,30). The number of aryl methyl sites for hydroxylation is 1. The zero-order chi connectivity index (χ0) is 22.8. The van der Waals surface area contributed by atoms with Crippen LogP contribution in [-0.4, -0.2) is 58.3 Å². The van der Waals surface area contributed by atoms with Crippen molar-refractivity contribution in [2.24, 2.45) is 5.92 Å². The number of amides is 1. The van der Waals surface area contributed by atoms with E-state index in [1.165, 1.54) is 0 Å². The molecule has 2 aromatic heterocycles. The van der Waals surface area contributed by atoms with E-state index in [1.807, 2.05) is 45.7 Å². The third-order valence-corrected chi connectivity index (χ3v) is 4.94. The van der Waals surface area contributed by atoms with Crippen LogP contribution < -0.4 is 15.0 Å². The number of nitrogens with one attached hydrogen (secondary N) is 1. The van der Waals surface area contributed by atoms with E-state index in [9.17, 15) is 4.79 Å². The number of ether oxygens (including phenoxy) is 1. The van der Waals surface area contributed by atoms with Crippen LogP contribution in [0.2, 0.25) is 0 Å². The second-order valence-electron chi connectivity index (χ2n) is 9.37. The van der Waals surface area contributed by atoms with Crippen molar-refractivity contribution < 1.29 is 14.6 Å². The number of carbonyl (C=O) groups excluding carboxylic acids is 1. The molecule has 0 bridgehead atoms. The first-order valence-electron chi connectivity index (χ1n) is 10.7. The summed E-state index contributed by atoms with van der Waals surface area (Å²) in [6.07, 6.45) is 1.77. The zero-order valence-corrected chi connectivity index (χ0v) is 19.3. The molecule has 1 aliphatic carbocycles. The van der Waals surface area contributed by atoms with Gasteiger partial charge >= 0.3 is 0 Å². The highest BCUT2D eigenvalue weighted by Crippen LogP contribution is 2.33. The second-order valence-corrected chi connectivity index (χ2v) is 9.37. The number of nitrogens with zero attached hydrogens (tertiary/aromatic N) is 4. The number of hydrogen-bond donors (Lipinski definition) is 2. The molecule has 1 amide bonds. The van der Waals surface area contributed by atoms with Crippen molar-refractivity contribution in [2.45, 2.75) is 53.0 Å². The number of rotatable bonds is 7. The molecule has 0 spiro atoms. The van der Waals surface area contributed by atoms with Crippen LogP contribution in [0.15, 0.2) is 12.1 Å². The lowest BCUT2D eigenvalue weighted by Gasteiger charge is -2.25. The summed E-state index contributed by atoms with van der Waals surface area (Å²) in [6, 6.07) is 3.61. The van der Waals surface area contributed by atoms with Crippen LogP contribution >= 0.6 is 0 Å². The molecule has 0 aromatic carbocycles. The van der Waals surface area contributed by atoms with Gasteiger partial charge in [-0.25, -0.2) is 15.0 Å². The molecule has 2 heterocycles. The molecule has 1 atom stereocenters. The monoisotopic (exact) mass is 427 g/mol. The Morgan fingerprint density at radius 1 is 1.26 bits per heavy atom. The van der Waals surface area contributed by atoms with Crippen molar-refractivity contribution >= 4 is 11.7 Å². The molecule has 1 aliphatic rings. The van der Waals surface area contributed by atoms with Gasteiger partial charge in [0.05, 0.1) is 18.8 Å². The van der Waals surface area contributed by atoms with Gasteiger partial charge in [0.25, 0.3) is 0 Å². The summed E-state index contributed by atoms with van der Waals surface area (Å²) >= 11 is 0. The van der Waals surface area contributed by atoms with E-state index >= 15 is 0 Å². The normalized spacial score (nSPS) is 15.5. The van der Waals surface area contributed by atoms with E-state index in [2.05, 4.69) is 17.2 Å². The summed E-state index contributed by atoms with van der Waals surface area (Å²) in [4.78, 5) is 28.6. The van der Waals surface area contributed by atoms with Crippen LogP contribution in [0.4, 0.5) is 5.82 Å². The largest absolute Gasteiger partial charge is 0.491 e. The zero-order valence-electron chi connectivity index (χ0n) is 19.3. The highest BCUT2D eigenvalue weighted by Gasteiger charge is 2.27. The minimum absolute atomic E-state index is 0.0525. The number of fused-ring (bicyclic) bond motifs is 1. The van der Waals surface area contributed by atoms with Gasteiger partial charge in [0.1, 0.15) is 23.9 Å². The van der Waals surface area contributed by atoms with Crippen molar-refractivity contribution in [1.29, 1.82) is 0 Å². The van der Waals surface area contributed by atoms with Crippen molar-refractivity contribution in [3.8, 4) is 17.3 Å². The molecule has 8 nitrogen and oxygen atoms in total. The van der Waals surface area contributed by atoms with Gasteiger partial charge in [-0.05, 0) is 46.5 Å². The number of anilines is 1. The molecule has 0 fully saturated rings. The van der Waals surface area contributed by atoms with E-state index in [0.29, 0.717) is 23.2 Å². The van der Waals surface area contributed by atoms with Gasteiger partial charge in [-0.2, -0.15) is 0 Å². The molecule has 0 saturated carbocycles. The third kappa shape index (κ3) is 5.91. The molecule has 31 heavy (non-hydrogen) atoms. The van der Waals surface area contributed by atoms with Crippen molar-refractivity contribution in [1.82, 2.24) is 20.3 Å². The summed E-state index contributed by atoms with van der Waals surface area (Å²) in [7, 11) is 1.89. The van der Waals surface area contributed by atoms with Crippen LogP contribution in [0.3, 0.4) is 0 Å². The Bertz CT molecular complexity index is 955. The van der Waals surface area contributed by atoms with E-state index in [0.717, 1.165) is 35.6 Å². The van der Waals surface area contributed by atoms with Crippen molar-refractivity contribution in [3.05, 3.63) is 29.1 Å². The number of hydrogen-bond acceptors (Lipinski definition) is 7. The lowest BCUT2D eigenvalue weighted by molar-refractivity contribution is -0.121. The molecule has 1 unspecified atom stereocenters. The molecular formula is C23H33N5O3. The van der Waals surface area contributed by atoms with Gasteiger partial charge in [0, 0.05) is 36.0 Å². The highest BCUT2D eigenvalue weighted by atomic mass is 16.5. The minimum atomic E-state index is -0.290. The Kier molecular flexibility index (Phi) is 6.79. The fraction of sp³-hybridized carbons (Fsp3) is 0.565. The van der Waals surface area contributed by atoms with Crippen molar-refractivity contribution in [2.75, 3.05) is 31.7 Å². The van der Waals surface area contributed by atoms with Gasteiger partial charge in [-0.15, -0.1) is 0 Å². The summed E-state index contributed by atoms with van der Waals surface area (Å²) in [5, 5.41) is 12.1. The SMILES string of the molecule is Cc1cc(OCCO)cc(-c2nc3c(c(N(C)CC(=O)NC(C)(C)C)n2)CC(C)C3)n1. The molecule has 8 heteroatoms. The Balaban J connectivity index is 1.97. The first kappa shape index (κ1) is 22.9. The first-order chi connectivity index (χ1) is 14.6. The number of aliphatic hydroxyl groups excluding tert-OH is 1. The maximum Gasteiger partial charge on any atom is 0.239 e. The first-order valence-corrected chi connectivity index (χ1v) is 10.7. The lowest BCUT2D eigenvalue weighted by atomic mass is 10.1. The van der Waals surface area contributed by atoms with Gasteiger partial charge < -0.3 is 20.1 Å². The number of aromatic nitrogens is 3. The molecular weight excluding hydrogens is 394 g/mol. The topological polar surface area (TPSA) is 100 Å². The van der Waals surface area contributed by atoms with E-state index in [4.69, 9.17) is 19.8 Å². The molecule has 0 saturated heterocycles. The summed E-state index contributed by atoms with van der Waals surface area (Å²) < 4.78 is 5.58. The van der Waals surface area contributed by atoms with Crippen LogP contribution in [0, 0.1) is 12.8 Å². The predicted molar refractivity (Wildman–Crippen MR) is 120 cm³/mol. The maximum absolute atomic E-state index is 12.5. The molecule has 2 N–H and O–H groups in total. The minimum Gasteiger partial charge on any atom is -0.491 e. The van der Waals surface area contributed by atoms with Crippen LogP contribution in [-0.2, 0) is 17.6 Å². The molecule has 3 rings (SSSR count). The number of likely N-dealkylation sites (N-methyl/N-ethyl adjacent to an activating group) is 1. The fourth-order valence-electron chi connectivity index (χ4n) is 3.82. The Morgan fingerprint density at radius 3 is 2.68 bits per heavy atom. The Morgan fingerprint density at radius 2 is 2.00 bits per heavy atom. The molecule has 168 valence electrons. The molecule has 0 aliphatic heterocycles. The Hall–Kier alpha value is -2.74. The lowest BCUT2D eigenvalue weighted by Crippen LogP contribution is -2.45. The van der Waals surface area contributed by atoms with Gasteiger partial charge in [0.2, 0.25) is 5.91 Å². The van der Waals surface area contributed by atoms with E-state index < -0.39 is 0 Å².